The van der Waals surface area contributed by atoms with E-state index >= 15 is 0 Å². The summed E-state index contributed by atoms with van der Waals surface area (Å²) in [7, 11) is 0. The smallest absolute Gasteiger partial charge is 0.315 e. The van der Waals surface area contributed by atoms with E-state index in [-0.39, 0.29) is 30.3 Å². The second kappa shape index (κ2) is 12.2. The van der Waals surface area contributed by atoms with Crippen LogP contribution in [0.4, 0.5) is 10.5 Å². The number of esters is 1. The summed E-state index contributed by atoms with van der Waals surface area (Å²) in [5.41, 5.74) is 3.87. The Bertz CT molecular complexity index is 1050. The van der Waals surface area contributed by atoms with E-state index in [0.29, 0.717) is 31.7 Å². The number of benzene rings is 2. The quantitative estimate of drug-likeness (QED) is 0.330. The summed E-state index contributed by atoms with van der Waals surface area (Å²) in [6.45, 7) is 8.65. The molecule has 0 spiro atoms. The second-order valence-corrected chi connectivity index (χ2v) is 8.82. The molecule has 0 fully saturated rings. The number of aliphatic carboxylic acids is 1. The Morgan fingerprint density at radius 3 is 2.51 bits per heavy atom. The molecule has 1 aliphatic heterocycles. The maximum atomic E-state index is 12.7. The van der Waals surface area contributed by atoms with E-state index < -0.39 is 5.97 Å². The fourth-order valence-electron chi connectivity index (χ4n) is 4.48. The van der Waals surface area contributed by atoms with E-state index in [0.717, 1.165) is 35.5 Å². The average Bonchev–Trinajstić information content (AvgIpc) is 2.84. The zero-order valence-corrected chi connectivity index (χ0v) is 20.7. The number of hydrogen-bond donors (Lipinski definition) is 3. The van der Waals surface area contributed by atoms with Gasteiger partial charge in [-0.3, -0.25) is 9.59 Å². The summed E-state index contributed by atoms with van der Waals surface area (Å²) in [6.07, 6.45) is 1.00. The molecular weight excluding hydrogens is 446 g/mol. The maximum Gasteiger partial charge on any atom is 0.315 e. The molecule has 188 valence electrons. The highest BCUT2D eigenvalue weighted by Crippen LogP contribution is 2.40. The van der Waals surface area contributed by atoms with Crippen molar-refractivity contribution in [2.24, 2.45) is 5.92 Å². The number of anilines is 1. The van der Waals surface area contributed by atoms with Crippen molar-refractivity contribution in [2.75, 3.05) is 24.5 Å². The fraction of sp³-hybridized carbons (Fsp3) is 0.444. The first kappa shape index (κ1) is 26.1. The van der Waals surface area contributed by atoms with Crippen molar-refractivity contribution in [3.05, 3.63) is 59.2 Å². The molecule has 35 heavy (non-hydrogen) atoms. The lowest BCUT2D eigenvalue weighted by Gasteiger charge is -2.31. The van der Waals surface area contributed by atoms with Crippen LogP contribution >= 0.6 is 0 Å². The first-order valence-corrected chi connectivity index (χ1v) is 12.2. The Hall–Kier alpha value is -3.55. The number of urea groups is 1. The number of carboxylic acids is 1. The highest BCUT2D eigenvalue weighted by molar-refractivity contribution is 5.80. The Labute approximate surface area is 206 Å². The first-order chi connectivity index (χ1) is 16.8. The number of amides is 2. The molecule has 2 aromatic rings. The van der Waals surface area contributed by atoms with Gasteiger partial charge in [0.15, 0.2) is 0 Å². The molecule has 8 heteroatoms. The average molecular weight is 482 g/mol. The van der Waals surface area contributed by atoms with Gasteiger partial charge in [-0.15, -0.1) is 0 Å². The summed E-state index contributed by atoms with van der Waals surface area (Å²) in [5, 5.41) is 14.5. The highest BCUT2D eigenvalue weighted by Gasteiger charge is 2.35. The largest absolute Gasteiger partial charge is 0.481 e. The van der Waals surface area contributed by atoms with Gasteiger partial charge in [-0.25, -0.2) is 4.79 Å². The minimum Gasteiger partial charge on any atom is -0.481 e. The van der Waals surface area contributed by atoms with Gasteiger partial charge in [0, 0.05) is 44.4 Å². The Balaban J connectivity index is 1.49. The molecule has 0 aromatic heterocycles. The molecule has 3 rings (SSSR count). The Kier molecular flexibility index (Phi) is 9.11. The highest BCUT2D eigenvalue weighted by atomic mass is 16.5. The number of hydrogen-bond acceptors (Lipinski definition) is 5. The number of rotatable bonds is 11. The Morgan fingerprint density at radius 2 is 1.80 bits per heavy atom. The predicted molar refractivity (Wildman–Crippen MR) is 135 cm³/mol. The molecule has 0 saturated carbocycles. The third-order valence-corrected chi connectivity index (χ3v) is 6.55. The number of fused-ring (bicyclic) bond motifs is 1. The normalized spacial score (nSPS) is 16.7. The van der Waals surface area contributed by atoms with Crippen LogP contribution in [0.5, 0.6) is 5.75 Å². The number of aryl methyl sites for hydroxylation is 1. The first-order valence-electron chi connectivity index (χ1n) is 12.2. The zero-order valence-electron chi connectivity index (χ0n) is 20.7. The molecule has 2 aromatic carbocycles. The molecule has 2 atom stereocenters. The SMILES string of the molecule is CCN(CC)c1ccc2c(c1)OC(=O)C(CCNC(=O)NCc1cccc(CCC(=O)O)c1)C2C. The van der Waals surface area contributed by atoms with Crippen LogP contribution in [0.15, 0.2) is 42.5 Å². The lowest BCUT2D eigenvalue weighted by molar-refractivity contribution is -0.141. The third-order valence-electron chi connectivity index (χ3n) is 6.55. The van der Waals surface area contributed by atoms with E-state index in [2.05, 4.69) is 35.4 Å². The van der Waals surface area contributed by atoms with Crippen molar-refractivity contribution in [2.45, 2.75) is 52.5 Å². The molecular formula is C27H35N3O5. The van der Waals surface area contributed by atoms with Crippen LogP contribution in [-0.2, 0) is 22.6 Å². The van der Waals surface area contributed by atoms with Crippen LogP contribution in [0.2, 0.25) is 0 Å². The molecule has 0 radical (unpaired) electrons. The Morgan fingerprint density at radius 1 is 1.06 bits per heavy atom. The molecule has 1 aliphatic rings. The number of ether oxygens (including phenoxy) is 1. The van der Waals surface area contributed by atoms with Gasteiger partial charge in [0.2, 0.25) is 0 Å². The van der Waals surface area contributed by atoms with Crippen molar-refractivity contribution >= 4 is 23.7 Å². The van der Waals surface area contributed by atoms with Crippen LogP contribution in [0.25, 0.3) is 0 Å². The summed E-state index contributed by atoms with van der Waals surface area (Å²) in [6, 6.07) is 13.2. The minimum absolute atomic E-state index is 0.00425. The summed E-state index contributed by atoms with van der Waals surface area (Å²) < 4.78 is 5.67. The van der Waals surface area contributed by atoms with Crippen molar-refractivity contribution < 1.29 is 24.2 Å². The second-order valence-electron chi connectivity index (χ2n) is 8.82. The van der Waals surface area contributed by atoms with Crippen molar-refractivity contribution in [3.63, 3.8) is 0 Å². The summed E-state index contributed by atoms with van der Waals surface area (Å²) in [5.74, 6) is -0.804. The van der Waals surface area contributed by atoms with Crippen LogP contribution in [0, 0.1) is 5.92 Å². The van der Waals surface area contributed by atoms with E-state index in [1.165, 1.54) is 0 Å². The molecule has 3 N–H and O–H groups in total. The van der Waals surface area contributed by atoms with Crippen molar-refractivity contribution in [1.82, 2.24) is 10.6 Å². The number of nitrogens with one attached hydrogen (secondary N) is 2. The van der Waals surface area contributed by atoms with Gasteiger partial charge in [-0.05, 0) is 55.4 Å². The van der Waals surface area contributed by atoms with Gasteiger partial charge in [-0.2, -0.15) is 0 Å². The van der Waals surface area contributed by atoms with Gasteiger partial charge >= 0.3 is 18.0 Å². The topological polar surface area (TPSA) is 108 Å². The van der Waals surface area contributed by atoms with Crippen LogP contribution in [0.1, 0.15) is 56.2 Å². The van der Waals surface area contributed by atoms with Crippen LogP contribution < -0.4 is 20.3 Å². The molecule has 8 nitrogen and oxygen atoms in total. The molecule has 1 heterocycles. The summed E-state index contributed by atoms with van der Waals surface area (Å²) in [4.78, 5) is 37.9. The third kappa shape index (κ3) is 6.97. The predicted octanol–water partition coefficient (Wildman–Crippen LogP) is 4.08. The van der Waals surface area contributed by atoms with Gasteiger partial charge in [0.1, 0.15) is 5.75 Å². The molecule has 0 saturated heterocycles. The van der Waals surface area contributed by atoms with E-state index in [1.807, 2.05) is 43.3 Å². The van der Waals surface area contributed by atoms with Crippen LogP contribution in [0.3, 0.4) is 0 Å². The molecule has 0 bridgehead atoms. The lowest BCUT2D eigenvalue weighted by atomic mass is 9.83. The standard InChI is InChI=1S/C27H35N3O5/c1-4-30(5-2)21-10-11-22-18(3)23(26(33)35-24(22)16-21)13-14-28-27(34)29-17-20-8-6-7-19(15-20)9-12-25(31)32/h6-8,10-11,15-16,18,23H,4-5,9,12-14,17H2,1-3H3,(H,31,32)(H2,28,29,34). The van der Waals surface area contributed by atoms with Gasteiger partial charge in [0.25, 0.3) is 0 Å². The molecule has 2 unspecified atom stereocenters. The van der Waals surface area contributed by atoms with E-state index in [9.17, 15) is 14.4 Å². The van der Waals surface area contributed by atoms with Gasteiger partial charge < -0.3 is 25.4 Å². The number of carboxylic acid groups (broad SMARTS) is 1. The minimum atomic E-state index is -0.836. The van der Waals surface area contributed by atoms with Crippen molar-refractivity contribution in [1.29, 1.82) is 0 Å². The van der Waals surface area contributed by atoms with Gasteiger partial charge in [-0.1, -0.05) is 37.3 Å². The van der Waals surface area contributed by atoms with E-state index in [1.54, 1.807) is 0 Å². The van der Waals surface area contributed by atoms with Crippen LogP contribution in [-0.4, -0.2) is 42.7 Å². The van der Waals surface area contributed by atoms with E-state index in [4.69, 9.17) is 9.84 Å². The number of carbonyl (C=O) groups excluding carboxylic acids is 2. The molecule has 0 aliphatic carbocycles. The summed E-state index contributed by atoms with van der Waals surface area (Å²) >= 11 is 0. The monoisotopic (exact) mass is 481 g/mol. The number of nitrogens with zero attached hydrogens (tertiary/aromatic N) is 1. The van der Waals surface area contributed by atoms with Gasteiger partial charge in [0.05, 0.1) is 5.92 Å². The zero-order chi connectivity index (χ0) is 25.4. The maximum absolute atomic E-state index is 12.7. The fourth-order valence-corrected chi connectivity index (χ4v) is 4.48. The number of carbonyl (C=O) groups is 3. The molecule has 2 amide bonds. The lowest BCUT2D eigenvalue weighted by Crippen LogP contribution is -2.38. The van der Waals surface area contributed by atoms with Crippen molar-refractivity contribution in [3.8, 4) is 5.75 Å².